The van der Waals surface area contributed by atoms with Crippen LogP contribution in [0.2, 0.25) is 0 Å². The van der Waals surface area contributed by atoms with Gasteiger partial charge in [-0.15, -0.1) is 21.5 Å². The van der Waals surface area contributed by atoms with Crippen molar-refractivity contribution in [2.45, 2.75) is 5.16 Å². The molecule has 3 rings (SSSR count). The van der Waals surface area contributed by atoms with E-state index >= 15 is 0 Å². The summed E-state index contributed by atoms with van der Waals surface area (Å²) in [6, 6.07) is 9.33. The Hall–Kier alpha value is -2.37. The molecule has 0 aliphatic rings. The lowest BCUT2D eigenvalue weighted by Crippen LogP contribution is -2.14. The van der Waals surface area contributed by atoms with Crippen molar-refractivity contribution < 1.29 is 4.79 Å². The number of amides is 1. The fourth-order valence-corrected chi connectivity index (χ4v) is 3.18. The van der Waals surface area contributed by atoms with Gasteiger partial charge in [-0.05, 0) is 23.6 Å². The quantitative estimate of drug-likeness (QED) is 0.747. The summed E-state index contributed by atoms with van der Waals surface area (Å²) in [6.45, 7) is 0. The lowest BCUT2D eigenvalue weighted by atomic mass is 10.3. The van der Waals surface area contributed by atoms with E-state index in [0.29, 0.717) is 15.7 Å². The Balaban J connectivity index is 1.65. The van der Waals surface area contributed by atoms with Crippen molar-refractivity contribution in [2.24, 2.45) is 0 Å². The fraction of sp³-hybridized carbons (Fsp3) is 0.0769. The van der Waals surface area contributed by atoms with E-state index in [4.69, 9.17) is 5.26 Å². The number of anilines is 1. The van der Waals surface area contributed by atoms with Crippen molar-refractivity contribution in [3.8, 4) is 6.07 Å². The van der Waals surface area contributed by atoms with Crippen LogP contribution in [0.1, 0.15) is 5.56 Å². The number of nitrogens with zero attached hydrogens (tertiary/aromatic N) is 4. The molecule has 0 saturated heterocycles. The van der Waals surface area contributed by atoms with Gasteiger partial charge in [-0.3, -0.25) is 9.20 Å². The van der Waals surface area contributed by atoms with Crippen molar-refractivity contribution in [1.29, 1.82) is 5.26 Å². The Morgan fingerprint density at radius 1 is 1.43 bits per heavy atom. The fourth-order valence-electron chi connectivity index (χ4n) is 1.70. The largest absolute Gasteiger partial charge is 0.316 e. The summed E-state index contributed by atoms with van der Waals surface area (Å²) >= 11 is 2.63. The minimum Gasteiger partial charge on any atom is -0.316 e. The molecule has 6 nitrogen and oxygen atoms in total. The Kier molecular flexibility index (Phi) is 3.85. The number of pyridine rings is 1. The molecule has 0 radical (unpaired) electrons. The van der Waals surface area contributed by atoms with Gasteiger partial charge in [-0.2, -0.15) is 5.26 Å². The monoisotopic (exact) mass is 315 g/mol. The number of hydrogen-bond acceptors (Lipinski definition) is 6. The van der Waals surface area contributed by atoms with E-state index in [1.165, 1.54) is 23.1 Å². The number of rotatable bonds is 4. The Morgan fingerprint density at radius 2 is 2.33 bits per heavy atom. The van der Waals surface area contributed by atoms with E-state index in [2.05, 4.69) is 15.5 Å². The molecule has 0 bridgehead atoms. The van der Waals surface area contributed by atoms with Crippen LogP contribution in [0.4, 0.5) is 5.00 Å². The maximum atomic E-state index is 11.9. The van der Waals surface area contributed by atoms with Crippen LogP contribution in [0.15, 0.2) is 41.0 Å². The summed E-state index contributed by atoms with van der Waals surface area (Å²) in [5.41, 5.74) is 1.22. The number of nitriles is 1. The first kappa shape index (κ1) is 13.6. The number of hydrogen-bond donors (Lipinski definition) is 1. The number of carbonyl (C=O) groups is 1. The van der Waals surface area contributed by atoms with Crippen molar-refractivity contribution in [3.05, 3.63) is 41.4 Å². The van der Waals surface area contributed by atoms with E-state index in [9.17, 15) is 4.79 Å². The summed E-state index contributed by atoms with van der Waals surface area (Å²) in [4.78, 5) is 11.9. The first-order valence-corrected chi connectivity index (χ1v) is 7.84. The first-order chi connectivity index (χ1) is 10.3. The number of aromatic nitrogens is 3. The topological polar surface area (TPSA) is 83.1 Å². The predicted octanol–water partition coefficient (Wildman–Crippen LogP) is 2.39. The SMILES string of the molecule is N#Cc1ccsc1NC(=O)CSc1nnc2ccccn12. The van der Waals surface area contributed by atoms with Gasteiger partial charge in [0.2, 0.25) is 5.91 Å². The molecular formula is C13H9N5OS2. The average Bonchev–Trinajstić information content (AvgIpc) is 3.11. The smallest absolute Gasteiger partial charge is 0.235 e. The maximum Gasteiger partial charge on any atom is 0.235 e. The first-order valence-electron chi connectivity index (χ1n) is 5.98. The highest BCUT2D eigenvalue weighted by atomic mass is 32.2. The molecule has 0 aromatic carbocycles. The molecule has 0 saturated carbocycles. The molecule has 21 heavy (non-hydrogen) atoms. The zero-order chi connectivity index (χ0) is 14.7. The lowest BCUT2D eigenvalue weighted by Gasteiger charge is -2.02. The molecule has 3 heterocycles. The highest BCUT2D eigenvalue weighted by molar-refractivity contribution is 7.99. The van der Waals surface area contributed by atoms with Crippen molar-refractivity contribution >= 4 is 39.7 Å². The van der Waals surface area contributed by atoms with Crippen LogP contribution in [-0.4, -0.2) is 26.3 Å². The minimum atomic E-state index is -0.174. The summed E-state index contributed by atoms with van der Waals surface area (Å²) in [6.07, 6.45) is 1.85. The molecule has 1 amide bonds. The van der Waals surface area contributed by atoms with Crippen molar-refractivity contribution in [3.63, 3.8) is 0 Å². The van der Waals surface area contributed by atoms with E-state index in [1.807, 2.05) is 34.9 Å². The van der Waals surface area contributed by atoms with Crippen LogP contribution in [0, 0.1) is 11.3 Å². The third-order valence-electron chi connectivity index (χ3n) is 2.65. The van der Waals surface area contributed by atoms with E-state index in [0.717, 1.165) is 5.65 Å². The second-order valence-corrected chi connectivity index (χ2v) is 5.88. The Labute approximate surface area is 128 Å². The van der Waals surface area contributed by atoms with E-state index in [-0.39, 0.29) is 11.7 Å². The third kappa shape index (κ3) is 2.89. The van der Waals surface area contributed by atoms with Gasteiger partial charge in [0.1, 0.15) is 11.1 Å². The van der Waals surface area contributed by atoms with E-state index in [1.54, 1.807) is 11.4 Å². The molecule has 0 fully saturated rings. The number of fused-ring (bicyclic) bond motifs is 1. The van der Waals surface area contributed by atoms with Gasteiger partial charge >= 0.3 is 0 Å². The van der Waals surface area contributed by atoms with E-state index < -0.39 is 0 Å². The zero-order valence-corrected chi connectivity index (χ0v) is 12.3. The highest BCUT2D eigenvalue weighted by Crippen LogP contribution is 2.23. The van der Waals surface area contributed by atoms with Gasteiger partial charge in [0.25, 0.3) is 0 Å². The Morgan fingerprint density at radius 3 is 3.19 bits per heavy atom. The Bertz CT molecular complexity index is 832. The number of carbonyl (C=O) groups excluding carboxylic acids is 1. The second kappa shape index (κ2) is 5.95. The van der Waals surface area contributed by atoms with Crippen LogP contribution in [0.3, 0.4) is 0 Å². The molecule has 3 aromatic heterocycles. The predicted molar refractivity (Wildman–Crippen MR) is 81.4 cm³/mol. The van der Waals surface area contributed by atoms with Gasteiger partial charge < -0.3 is 5.32 Å². The summed E-state index contributed by atoms with van der Waals surface area (Å²) < 4.78 is 1.82. The highest BCUT2D eigenvalue weighted by Gasteiger charge is 2.11. The molecule has 1 N–H and O–H groups in total. The van der Waals surface area contributed by atoms with Crippen LogP contribution in [0.5, 0.6) is 0 Å². The third-order valence-corrected chi connectivity index (χ3v) is 4.43. The maximum absolute atomic E-state index is 11.9. The molecule has 0 aliphatic heterocycles. The molecule has 0 aliphatic carbocycles. The van der Waals surface area contributed by atoms with Gasteiger partial charge in [0, 0.05) is 6.20 Å². The average molecular weight is 315 g/mol. The number of thiophene rings is 1. The molecule has 104 valence electrons. The molecule has 8 heteroatoms. The van der Waals surface area contributed by atoms with Crippen LogP contribution < -0.4 is 5.32 Å². The van der Waals surface area contributed by atoms with Gasteiger partial charge in [-0.25, -0.2) is 0 Å². The number of nitrogens with one attached hydrogen (secondary N) is 1. The molecule has 3 aromatic rings. The lowest BCUT2D eigenvalue weighted by molar-refractivity contribution is -0.113. The standard InChI is InChI=1S/C13H9N5OS2/c14-7-9-4-6-20-12(9)15-11(19)8-21-13-17-16-10-3-1-2-5-18(10)13/h1-6H,8H2,(H,15,19). The molecular weight excluding hydrogens is 306 g/mol. The molecule has 0 unspecified atom stereocenters. The second-order valence-electron chi connectivity index (χ2n) is 4.02. The normalized spacial score (nSPS) is 10.4. The van der Waals surface area contributed by atoms with Crippen LogP contribution >= 0.6 is 23.1 Å². The minimum absolute atomic E-state index is 0.174. The zero-order valence-electron chi connectivity index (χ0n) is 10.7. The van der Waals surface area contributed by atoms with Gasteiger partial charge in [0.15, 0.2) is 10.8 Å². The van der Waals surface area contributed by atoms with Crippen molar-refractivity contribution in [1.82, 2.24) is 14.6 Å². The molecule has 0 atom stereocenters. The summed E-state index contributed by atoms with van der Waals surface area (Å²) in [5.74, 6) is 0.0324. The van der Waals surface area contributed by atoms with Crippen LogP contribution in [0.25, 0.3) is 5.65 Å². The molecule has 0 spiro atoms. The summed E-state index contributed by atoms with van der Waals surface area (Å²) in [5, 5.41) is 22.7. The van der Waals surface area contributed by atoms with Gasteiger partial charge in [0.05, 0.1) is 11.3 Å². The van der Waals surface area contributed by atoms with Gasteiger partial charge in [-0.1, -0.05) is 17.8 Å². The van der Waals surface area contributed by atoms with Crippen LogP contribution in [-0.2, 0) is 4.79 Å². The van der Waals surface area contributed by atoms with Crippen molar-refractivity contribution in [2.75, 3.05) is 11.1 Å². The summed E-state index contributed by atoms with van der Waals surface area (Å²) in [7, 11) is 0. The number of thioether (sulfide) groups is 1.